The van der Waals surface area contributed by atoms with E-state index < -0.39 is 14.3 Å². The van der Waals surface area contributed by atoms with Crippen molar-refractivity contribution in [3.8, 4) is 0 Å². The third-order valence-electron chi connectivity index (χ3n) is 3.63. The van der Waals surface area contributed by atoms with Gasteiger partial charge in [0.05, 0.1) is 13.2 Å². The fraction of sp³-hybridized carbons (Fsp3) is 0.846. The standard InChI is InChI=1S/C13H27BrN2O3Si/c1-9(2)20(10(3)4,11(5)6)19-8-7-15-16-12(14)13(17)18/h9-11,15H,7-8H2,1-6H3,(H,17,18). The number of nitrogens with zero attached hydrogens (tertiary/aromatic N) is 1. The molecule has 0 aliphatic carbocycles. The van der Waals surface area contributed by atoms with Gasteiger partial charge in [-0.1, -0.05) is 41.5 Å². The Morgan fingerprint density at radius 3 is 2.00 bits per heavy atom. The minimum absolute atomic E-state index is 0.127. The first-order valence-corrected chi connectivity index (χ1v) is 9.92. The van der Waals surface area contributed by atoms with Crippen molar-refractivity contribution in [2.45, 2.75) is 58.2 Å². The van der Waals surface area contributed by atoms with E-state index in [4.69, 9.17) is 9.53 Å². The van der Waals surface area contributed by atoms with Crippen molar-refractivity contribution in [2.24, 2.45) is 5.10 Å². The molecule has 0 spiro atoms. The Morgan fingerprint density at radius 1 is 1.20 bits per heavy atom. The quantitative estimate of drug-likeness (QED) is 0.283. The summed E-state index contributed by atoms with van der Waals surface area (Å²) >= 11 is 2.86. The first kappa shape index (κ1) is 19.6. The zero-order valence-electron chi connectivity index (χ0n) is 13.2. The molecular formula is C13H27BrN2O3Si. The third kappa shape index (κ3) is 5.18. The summed E-state index contributed by atoms with van der Waals surface area (Å²) in [6.07, 6.45) is 0. The van der Waals surface area contributed by atoms with Crippen LogP contribution in [0.2, 0.25) is 16.6 Å². The van der Waals surface area contributed by atoms with Crippen LogP contribution in [0.5, 0.6) is 0 Å². The lowest BCUT2D eigenvalue weighted by Crippen LogP contribution is -2.48. The van der Waals surface area contributed by atoms with Crippen LogP contribution >= 0.6 is 15.9 Å². The van der Waals surface area contributed by atoms with Crippen LogP contribution in [0.1, 0.15) is 41.5 Å². The average Bonchev–Trinajstić information content (AvgIpc) is 2.31. The summed E-state index contributed by atoms with van der Waals surface area (Å²) in [4.78, 5) is 10.5. The highest BCUT2D eigenvalue weighted by molar-refractivity contribution is 9.19. The SMILES string of the molecule is CC(C)[Si](OCCNN=C(Br)C(=O)O)(C(C)C)C(C)C. The number of hydrogen-bond acceptors (Lipinski definition) is 4. The second-order valence-corrected chi connectivity index (χ2v) is 12.0. The van der Waals surface area contributed by atoms with E-state index >= 15 is 0 Å². The molecule has 2 N–H and O–H groups in total. The van der Waals surface area contributed by atoms with Gasteiger partial charge in [-0.15, -0.1) is 0 Å². The number of carbonyl (C=O) groups is 1. The van der Waals surface area contributed by atoms with Crippen LogP contribution in [0.4, 0.5) is 0 Å². The maximum atomic E-state index is 10.5. The van der Waals surface area contributed by atoms with Crippen molar-refractivity contribution in [3.63, 3.8) is 0 Å². The number of carboxylic acid groups (broad SMARTS) is 1. The Morgan fingerprint density at radius 2 is 1.65 bits per heavy atom. The number of carboxylic acids is 1. The molecule has 0 radical (unpaired) electrons. The molecule has 0 amide bonds. The average molecular weight is 367 g/mol. The first-order valence-electron chi connectivity index (χ1n) is 6.99. The summed E-state index contributed by atoms with van der Waals surface area (Å²) in [6.45, 7) is 14.5. The lowest BCUT2D eigenvalue weighted by atomic mass is 10.5. The van der Waals surface area contributed by atoms with Crippen molar-refractivity contribution < 1.29 is 14.3 Å². The van der Waals surface area contributed by atoms with Gasteiger partial charge in [0.15, 0.2) is 8.32 Å². The van der Waals surface area contributed by atoms with Crippen molar-refractivity contribution >= 4 is 34.8 Å². The van der Waals surface area contributed by atoms with Crippen LogP contribution in [-0.2, 0) is 9.22 Å². The lowest BCUT2D eigenvalue weighted by Gasteiger charge is -2.42. The number of hydrazone groups is 1. The molecule has 0 rings (SSSR count). The summed E-state index contributed by atoms with van der Waals surface area (Å²) in [5.74, 6) is -1.09. The smallest absolute Gasteiger partial charge is 0.363 e. The molecule has 118 valence electrons. The highest BCUT2D eigenvalue weighted by Crippen LogP contribution is 2.41. The molecule has 5 nitrogen and oxygen atoms in total. The predicted molar refractivity (Wildman–Crippen MR) is 89.0 cm³/mol. The zero-order valence-corrected chi connectivity index (χ0v) is 15.8. The van der Waals surface area contributed by atoms with Crippen molar-refractivity contribution in [3.05, 3.63) is 0 Å². The van der Waals surface area contributed by atoms with Crippen LogP contribution in [-0.4, -0.2) is 37.2 Å². The fourth-order valence-corrected chi connectivity index (χ4v) is 8.53. The van der Waals surface area contributed by atoms with E-state index in [-0.39, 0.29) is 4.62 Å². The van der Waals surface area contributed by atoms with Gasteiger partial charge in [-0.25, -0.2) is 4.79 Å². The van der Waals surface area contributed by atoms with Gasteiger partial charge in [-0.3, -0.25) is 0 Å². The van der Waals surface area contributed by atoms with E-state index in [0.29, 0.717) is 29.8 Å². The number of halogens is 1. The Balaban J connectivity index is 4.51. The van der Waals surface area contributed by atoms with Gasteiger partial charge in [-0.2, -0.15) is 5.10 Å². The monoisotopic (exact) mass is 366 g/mol. The van der Waals surface area contributed by atoms with Gasteiger partial charge in [0, 0.05) is 0 Å². The Bertz CT molecular complexity index is 325. The number of rotatable bonds is 9. The van der Waals surface area contributed by atoms with E-state index in [9.17, 15) is 4.79 Å². The predicted octanol–water partition coefficient (Wildman–Crippen LogP) is 3.56. The largest absolute Gasteiger partial charge is 0.476 e. The molecule has 0 bridgehead atoms. The van der Waals surface area contributed by atoms with Crippen LogP contribution in [0.3, 0.4) is 0 Å². The minimum Gasteiger partial charge on any atom is -0.476 e. The number of aliphatic carboxylic acids is 1. The van der Waals surface area contributed by atoms with Crippen molar-refractivity contribution in [2.75, 3.05) is 13.2 Å². The summed E-state index contributed by atoms with van der Waals surface area (Å²) in [7, 11) is -1.84. The van der Waals surface area contributed by atoms with E-state index in [1.807, 2.05) is 0 Å². The molecule has 0 saturated carbocycles. The van der Waals surface area contributed by atoms with Crippen LogP contribution in [0.25, 0.3) is 0 Å². The molecule has 20 heavy (non-hydrogen) atoms. The summed E-state index contributed by atoms with van der Waals surface area (Å²) < 4.78 is 6.17. The molecule has 0 atom stereocenters. The molecule has 0 fully saturated rings. The van der Waals surface area contributed by atoms with E-state index in [2.05, 4.69) is 68.0 Å². The Hall–Kier alpha value is -0.403. The van der Waals surface area contributed by atoms with Crippen LogP contribution < -0.4 is 5.43 Å². The van der Waals surface area contributed by atoms with Crippen molar-refractivity contribution in [1.82, 2.24) is 5.43 Å². The molecule has 0 saturated heterocycles. The second kappa shape index (κ2) is 8.79. The first-order chi connectivity index (χ1) is 9.16. The molecule has 0 unspecified atom stereocenters. The maximum Gasteiger partial charge on any atom is 0.363 e. The van der Waals surface area contributed by atoms with Crippen molar-refractivity contribution in [1.29, 1.82) is 0 Å². The molecular weight excluding hydrogens is 340 g/mol. The molecule has 0 aromatic carbocycles. The van der Waals surface area contributed by atoms with E-state index in [1.165, 1.54) is 0 Å². The van der Waals surface area contributed by atoms with Gasteiger partial charge >= 0.3 is 5.97 Å². The molecule has 0 heterocycles. The Labute approximate surface area is 131 Å². The molecule has 0 aliphatic rings. The summed E-state index contributed by atoms with van der Waals surface area (Å²) in [5.41, 5.74) is 4.33. The van der Waals surface area contributed by atoms with E-state index in [1.54, 1.807) is 0 Å². The number of hydrogen-bond donors (Lipinski definition) is 2. The molecule has 7 heteroatoms. The number of nitrogens with one attached hydrogen (secondary N) is 1. The van der Waals surface area contributed by atoms with Crippen LogP contribution in [0.15, 0.2) is 5.10 Å². The minimum atomic E-state index is -1.84. The molecule has 0 aliphatic heterocycles. The van der Waals surface area contributed by atoms with Gasteiger partial charge in [0.25, 0.3) is 0 Å². The molecule has 0 aromatic rings. The second-order valence-electron chi connectivity index (χ2n) is 5.78. The van der Waals surface area contributed by atoms with Gasteiger partial charge < -0.3 is 15.0 Å². The topological polar surface area (TPSA) is 70.9 Å². The summed E-state index contributed by atoms with van der Waals surface area (Å²) in [6, 6.07) is 0. The van der Waals surface area contributed by atoms with Gasteiger partial charge in [0.1, 0.15) is 0 Å². The fourth-order valence-electron chi connectivity index (χ4n) is 2.95. The maximum absolute atomic E-state index is 10.5. The zero-order chi connectivity index (χ0) is 15.9. The highest BCUT2D eigenvalue weighted by atomic mass is 79.9. The van der Waals surface area contributed by atoms with Crippen LogP contribution in [0, 0.1) is 0 Å². The molecule has 0 aromatic heterocycles. The summed E-state index contributed by atoms with van der Waals surface area (Å²) in [5, 5.41) is 12.3. The Kier molecular flexibility index (Phi) is 8.61. The van der Waals surface area contributed by atoms with Gasteiger partial charge in [0.2, 0.25) is 4.62 Å². The lowest BCUT2D eigenvalue weighted by molar-refractivity contribution is -0.129. The normalized spacial score (nSPS) is 13.4. The third-order valence-corrected chi connectivity index (χ3v) is 10.3. The van der Waals surface area contributed by atoms with E-state index in [0.717, 1.165) is 0 Å². The van der Waals surface area contributed by atoms with Gasteiger partial charge in [-0.05, 0) is 32.6 Å². The highest BCUT2D eigenvalue weighted by Gasteiger charge is 2.44.